The van der Waals surface area contributed by atoms with Gasteiger partial charge in [-0.15, -0.1) is 11.3 Å². The highest BCUT2D eigenvalue weighted by molar-refractivity contribution is 7.15. The van der Waals surface area contributed by atoms with Crippen LogP contribution in [0.15, 0.2) is 24.3 Å². The lowest BCUT2D eigenvalue weighted by molar-refractivity contribution is 0.232. The molecule has 3 heteroatoms. The molecule has 0 saturated heterocycles. The zero-order valence-electron chi connectivity index (χ0n) is 12.5. The molecular formula is C17H21NOS. The fraction of sp³-hybridized carbons (Fsp3) is 0.471. The van der Waals surface area contributed by atoms with Gasteiger partial charge in [-0.05, 0) is 42.5 Å². The molecule has 1 N–H and O–H groups in total. The van der Waals surface area contributed by atoms with Crippen molar-refractivity contribution < 1.29 is 5.11 Å². The minimum Gasteiger partial charge on any atom is -0.508 e. The second-order valence-electron chi connectivity index (χ2n) is 7.24. The highest BCUT2D eigenvalue weighted by Crippen LogP contribution is 2.48. The predicted molar refractivity (Wildman–Crippen MR) is 84.3 cm³/mol. The van der Waals surface area contributed by atoms with E-state index in [1.807, 2.05) is 23.5 Å². The topological polar surface area (TPSA) is 33.1 Å². The first-order valence-corrected chi connectivity index (χ1v) is 7.88. The van der Waals surface area contributed by atoms with Gasteiger partial charge in [0.15, 0.2) is 0 Å². The summed E-state index contributed by atoms with van der Waals surface area (Å²) in [7, 11) is 0. The maximum absolute atomic E-state index is 9.40. The van der Waals surface area contributed by atoms with Gasteiger partial charge in [-0.2, -0.15) is 0 Å². The summed E-state index contributed by atoms with van der Waals surface area (Å²) >= 11 is 1.81. The summed E-state index contributed by atoms with van der Waals surface area (Å²) in [5.74, 6) is 0.302. The molecule has 1 aliphatic rings. The fourth-order valence-corrected chi connectivity index (χ4v) is 4.71. The van der Waals surface area contributed by atoms with Gasteiger partial charge in [-0.1, -0.05) is 27.7 Å². The Morgan fingerprint density at radius 1 is 1.10 bits per heavy atom. The highest BCUT2D eigenvalue weighted by atomic mass is 32.1. The van der Waals surface area contributed by atoms with Crippen molar-refractivity contribution in [3.63, 3.8) is 0 Å². The molecule has 3 rings (SSSR count). The number of hydrogen-bond acceptors (Lipinski definition) is 3. The zero-order valence-corrected chi connectivity index (χ0v) is 13.3. The summed E-state index contributed by atoms with van der Waals surface area (Å²) in [6, 6.07) is 7.34. The van der Waals surface area contributed by atoms with Crippen molar-refractivity contribution in [1.82, 2.24) is 4.98 Å². The first kappa shape index (κ1) is 13.6. The van der Waals surface area contributed by atoms with Crippen LogP contribution in [0.4, 0.5) is 0 Å². The zero-order chi connectivity index (χ0) is 14.5. The lowest BCUT2D eigenvalue weighted by atomic mass is 9.67. The molecule has 2 aromatic rings. The Morgan fingerprint density at radius 2 is 1.75 bits per heavy atom. The van der Waals surface area contributed by atoms with Crippen molar-refractivity contribution in [2.75, 3.05) is 0 Å². The van der Waals surface area contributed by atoms with Gasteiger partial charge in [0.2, 0.25) is 0 Å². The molecule has 1 aliphatic carbocycles. The fourth-order valence-electron chi connectivity index (χ4n) is 3.52. The number of hydrogen-bond donors (Lipinski definition) is 1. The van der Waals surface area contributed by atoms with E-state index in [1.54, 1.807) is 12.1 Å². The van der Waals surface area contributed by atoms with Crippen LogP contribution in [-0.2, 0) is 11.8 Å². The molecule has 0 aliphatic heterocycles. The normalized spacial score (nSPS) is 19.6. The van der Waals surface area contributed by atoms with Crippen LogP contribution in [0.2, 0.25) is 0 Å². The van der Waals surface area contributed by atoms with Crippen LogP contribution in [0.5, 0.6) is 5.75 Å². The molecule has 0 fully saturated rings. The average Bonchev–Trinajstić information content (AvgIpc) is 2.71. The second-order valence-corrected chi connectivity index (χ2v) is 8.24. The maximum Gasteiger partial charge on any atom is 0.123 e. The first-order chi connectivity index (χ1) is 9.27. The second kappa shape index (κ2) is 4.32. The van der Waals surface area contributed by atoms with E-state index in [2.05, 4.69) is 27.7 Å². The van der Waals surface area contributed by atoms with Crippen LogP contribution < -0.4 is 0 Å². The summed E-state index contributed by atoms with van der Waals surface area (Å²) < 4.78 is 0. The summed E-state index contributed by atoms with van der Waals surface area (Å²) in [5, 5.41) is 10.5. The Bertz CT molecular complexity index is 638. The molecule has 0 atom stereocenters. The molecule has 0 radical (unpaired) electrons. The molecular weight excluding hydrogens is 266 g/mol. The number of aromatic nitrogens is 1. The molecule has 0 saturated carbocycles. The molecule has 2 nitrogen and oxygen atoms in total. The van der Waals surface area contributed by atoms with E-state index in [0.717, 1.165) is 17.0 Å². The number of aromatic hydroxyl groups is 1. The van der Waals surface area contributed by atoms with Crippen molar-refractivity contribution in [2.45, 2.75) is 46.0 Å². The van der Waals surface area contributed by atoms with Gasteiger partial charge in [0.25, 0.3) is 0 Å². The smallest absolute Gasteiger partial charge is 0.123 e. The Balaban J connectivity index is 2.06. The van der Waals surface area contributed by atoms with Crippen molar-refractivity contribution in [1.29, 1.82) is 0 Å². The summed E-state index contributed by atoms with van der Waals surface area (Å²) in [6.07, 6.45) is 2.25. The van der Waals surface area contributed by atoms with E-state index < -0.39 is 0 Å². The number of nitrogens with zero attached hydrogens (tertiary/aromatic N) is 1. The van der Waals surface area contributed by atoms with E-state index in [4.69, 9.17) is 4.98 Å². The number of phenols is 1. The van der Waals surface area contributed by atoms with E-state index in [1.165, 1.54) is 17.0 Å². The van der Waals surface area contributed by atoms with Gasteiger partial charge in [0.1, 0.15) is 10.8 Å². The van der Waals surface area contributed by atoms with E-state index in [9.17, 15) is 5.11 Å². The molecule has 0 unspecified atom stereocenters. The summed E-state index contributed by atoms with van der Waals surface area (Å²) in [4.78, 5) is 6.31. The van der Waals surface area contributed by atoms with Crippen LogP contribution in [0.1, 0.15) is 44.7 Å². The van der Waals surface area contributed by atoms with Crippen molar-refractivity contribution in [2.24, 2.45) is 5.41 Å². The van der Waals surface area contributed by atoms with Crippen molar-refractivity contribution in [3.05, 3.63) is 34.8 Å². The van der Waals surface area contributed by atoms with Crippen LogP contribution in [0, 0.1) is 5.41 Å². The average molecular weight is 287 g/mol. The number of phenolic OH excluding ortho intramolecular Hbond substituents is 1. The Hall–Kier alpha value is -1.35. The number of fused-ring (bicyclic) bond motifs is 1. The van der Waals surface area contributed by atoms with Gasteiger partial charge >= 0.3 is 0 Å². The summed E-state index contributed by atoms with van der Waals surface area (Å²) in [5.41, 5.74) is 2.87. The van der Waals surface area contributed by atoms with Crippen LogP contribution in [0.25, 0.3) is 10.6 Å². The molecule has 0 bridgehead atoms. The van der Waals surface area contributed by atoms with Gasteiger partial charge in [-0.3, -0.25) is 0 Å². The van der Waals surface area contributed by atoms with E-state index in [-0.39, 0.29) is 5.41 Å². The highest BCUT2D eigenvalue weighted by Gasteiger charge is 2.39. The number of thiazole rings is 1. The molecule has 0 spiro atoms. The molecule has 1 aromatic heterocycles. The van der Waals surface area contributed by atoms with E-state index >= 15 is 0 Å². The Morgan fingerprint density at radius 3 is 2.40 bits per heavy atom. The van der Waals surface area contributed by atoms with Crippen molar-refractivity contribution in [3.8, 4) is 16.3 Å². The third kappa shape index (κ3) is 2.35. The molecule has 0 amide bonds. The van der Waals surface area contributed by atoms with Gasteiger partial charge in [0.05, 0.1) is 5.69 Å². The van der Waals surface area contributed by atoms with Crippen LogP contribution in [-0.4, -0.2) is 10.1 Å². The quantitative estimate of drug-likeness (QED) is 0.820. The standard InChI is InChI=1S/C17H21NOS/c1-16(2)9-13-14(17(3,4)10-16)20-15(18-13)11-5-7-12(19)8-6-11/h5-8,19H,9-10H2,1-4H3. The molecule has 106 valence electrons. The van der Waals surface area contributed by atoms with Gasteiger partial charge in [0, 0.05) is 15.9 Å². The van der Waals surface area contributed by atoms with Crippen LogP contribution in [0.3, 0.4) is 0 Å². The SMILES string of the molecule is CC1(C)Cc2nc(-c3ccc(O)cc3)sc2C(C)(C)C1. The predicted octanol–water partition coefficient (Wildman–Crippen LogP) is 4.77. The third-order valence-electron chi connectivity index (χ3n) is 3.99. The molecule has 1 aromatic carbocycles. The third-order valence-corrected chi connectivity index (χ3v) is 5.51. The Kier molecular flexibility index (Phi) is 2.94. The minimum absolute atomic E-state index is 0.198. The monoisotopic (exact) mass is 287 g/mol. The lowest BCUT2D eigenvalue weighted by Crippen LogP contribution is -2.33. The van der Waals surface area contributed by atoms with Gasteiger partial charge in [-0.25, -0.2) is 4.98 Å². The van der Waals surface area contributed by atoms with Crippen LogP contribution >= 0.6 is 11.3 Å². The number of rotatable bonds is 1. The molecule has 20 heavy (non-hydrogen) atoms. The van der Waals surface area contributed by atoms with Gasteiger partial charge < -0.3 is 5.11 Å². The lowest BCUT2D eigenvalue weighted by Gasteiger charge is -2.39. The van der Waals surface area contributed by atoms with E-state index in [0.29, 0.717) is 11.2 Å². The first-order valence-electron chi connectivity index (χ1n) is 7.06. The Labute approximate surface area is 124 Å². The number of benzene rings is 1. The molecule has 1 heterocycles. The largest absolute Gasteiger partial charge is 0.508 e. The minimum atomic E-state index is 0.198. The maximum atomic E-state index is 9.40. The summed E-state index contributed by atoms with van der Waals surface area (Å²) in [6.45, 7) is 9.31. The van der Waals surface area contributed by atoms with Crippen molar-refractivity contribution >= 4 is 11.3 Å².